The molecule has 0 spiro atoms. The molecule has 1 fully saturated rings. The van der Waals surface area contributed by atoms with Crippen molar-refractivity contribution < 1.29 is 14.0 Å². The molecule has 0 saturated carbocycles. The van der Waals surface area contributed by atoms with Crippen LogP contribution in [0.25, 0.3) is 22.3 Å². The van der Waals surface area contributed by atoms with Gasteiger partial charge in [0.2, 0.25) is 5.91 Å². The van der Waals surface area contributed by atoms with Crippen LogP contribution in [0.2, 0.25) is 0 Å². The van der Waals surface area contributed by atoms with Gasteiger partial charge < -0.3 is 14.2 Å². The lowest BCUT2D eigenvalue weighted by Crippen LogP contribution is -2.50. The maximum absolute atomic E-state index is 12.8. The lowest BCUT2D eigenvalue weighted by molar-refractivity contribution is -0.132. The number of aromatic nitrogens is 6. The van der Waals surface area contributed by atoms with Gasteiger partial charge in [-0.1, -0.05) is 12.1 Å². The Bertz CT molecular complexity index is 1540. The van der Waals surface area contributed by atoms with Crippen molar-refractivity contribution >= 4 is 34.1 Å². The molecule has 6 rings (SSSR count). The van der Waals surface area contributed by atoms with E-state index in [4.69, 9.17) is 4.42 Å². The summed E-state index contributed by atoms with van der Waals surface area (Å²) in [4.78, 5) is 33.4. The van der Waals surface area contributed by atoms with Crippen LogP contribution in [0.3, 0.4) is 0 Å². The summed E-state index contributed by atoms with van der Waals surface area (Å²) in [7, 11) is 0. The number of carbonyl (C=O) groups excluding carboxylic acids is 2. The van der Waals surface area contributed by atoms with Crippen molar-refractivity contribution in [2.75, 3.05) is 26.2 Å². The van der Waals surface area contributed by atoms with E-state index in [0.29, 0.717) is 62.8 Å². The zero-order valence-electron chi connectivity index (χ0n) is 19.3. The van der Waals surface area contributed by atoms with E-state index in [9.17, 15) is 9.59 Å². The fourth-order valence-electron chi connectivity index (χ4n) is 4.71. The summed E-state index contributed by atoms with van der Waals surface area (Å²) in [6.45, 7) is 3.90. The van der Waals surface area contributed by atoms with E-state index in [1.165, 1.54) is 6.26 Å². The van der Waals surface area contributed by atoms with Crippen molar-refractivity contribution in [3.05, 3.63) is 60.1 Å². The van der Waals surface area contributed by atoms with Crippen molar-refractivity contribution in [3.8, 4) is 0 Å². The Kier molecular flexibility index (Phi) is 5.16. The van der Waals surface area contributed by atoms with Crippen LogP contribution in [0.1, 0.15) is 35.0 Å². The first-order chi connectivity index (χ1) is 17.1. The van der Waals surface area contributed by atoms with Gasteiger partial charge in [0.1, 0.15) is 11.6 Å². The number of hydrogen-bond acceptors (Lipinski definition) is 7. The first-order valence-electron chi connectivity index (χ1n) is 11.7. The van der Waals surface area contributed by atoms with E-state index < -0.39 is 0 Å². The Morgan fingerprint density at radius 3 is 2.60 bits per heavy atom. The molecule has 5 heterocycles. The summed E-state index contributed by atoms with van der Waals surface area (Å²) in [6, 6.07) is 11.3. The van der Waals surface area contributed by atoms with Crippen molar-refractivity contribution in [3.63, 3.8) is 0 Å². The van der Waals surface area contributed by atoms with Gasteiger partial charge in [-0.15, -0.1) is 15.3 Å². The summed E-state index contributed by atoms with van der Waals surface area (Å²) in [5, 5.41) is 14.3. The maximum Gasteiger partial charge on any atom is 0.289 e. The number of furan rings is 1. The first-order valence-corrected chi connectivity index (χ1v) is 11.7. The molecule has 178 valence electrons. The van der Waals surface area contributed by atoms with Crippen molar-refractivity contribution in [2.24, 2.45) is 0 Å². The van der Waals surface area contributed by atoms with E-state index in [1.807, 2.05) is 40.5 Å². The molecule has 1 aromatic carbocycles. The van der Waals surface area contributed by atoms with Crippen molar-refractivity contribution in [1.29, 1.82) is 0 Å². The standard InChI is InChI=1S/C24H24N8O3/c1-16-25-22-17-6-2-3-7-18(17)31-20(26-27-24(31)32(22)28-16)9-4-10-21(33)29-11-13-30(14-12-29)23(34)19-8-5-15-35-19/h2-3,5-8,15H,4,9-14H2,1H3. The number of fused-ring (bicyclic) bond motifs is 6. The van der Waals surface area contributed by atoms with E-state index in [1.54, 1.807) is 21.5 Å². The Labute approximate surface area is 200 Å². The summed E-state index contributed by atoms with van der Waals surface area (Å²) >= 11 is 0. The second-order valence-electron chi connectivity index (χ2n) is 8.67. The quantitative estimate of drug-likeness (QED) is 0.385. The number of benzene rings is 1. The highest BCUT2D eigenvalue weighted by molar-refractivity contribution is 5.93. The number of rotatable bonds is 5. The average Bonchev–Trinajstić information content (AvgIpc) is 3.64. The summed E-state index contributed by atoms with van der Waals surface area (Å²) in [5.41, 5.74) is 1.72. The molecule has 0 N–H and O–H groups in total. The van der Waals surface area contributed by atoms with Gasteiger partial charge in [-0.3, -0.25) is 14.0 Å². The Morgan fingerprint density at radius 2 is 1.80 bits per heavy atom. The van der Waals surface area contributed by atoms with Gasteiger partial charge in [0, 0.05) is 44.4 Å². The van der Waals surface area contributed by atoms with Crippen LogP contribution in [0.5, 0.6) is 0 Å². The predicted molar refractivity (Wildman–Crippen MR) is 126 cm³/mol. The highest BCUT2D eigenvalue weighted by Gasteiger charge is 2.26. The Hall–Kier alpha value is -4.28. The molecule has 5 aromatic rings. The van der Waals surface area contributed by atoms with E-state index in [0.717, 1.165) is 22.4 Å². The largest absolute Gasteiger partial charge is 0.459 e. The van der Waals surface area contributed by atoms with Gasteiger partial charge in [-0.2, -0.15) is 4.52 Å². The number of carbonyl (C=O) groups is 2. The third kappa shape index (κ3) is 3.69. The van der Waals surface area contributed by atoms with Gasteiger partial charge >= 0.3 is 0 Å². The number of aryl methyl sites for hydroxylation is 2. The zero-order valence-corrected chi connectivity index (χ0v) is 19.3. The molecule has 0 aliphatic carbocycles. The third-order valence-corrected chi connectivity index (χ3v) is 6.44. The highest BCUT2D eigenvalue weighted by Crippen LogP contribution is 2.23. The van der Waals surface area contributed by atoms with Gasteiger partial charge in [-0.05, 0) is 37.6 Å². The fraction of sp³-hybridized carbons (Fsp3) is 0.333. The second-order valence-corrected chi connectivity index (χ2v) is 8.67. The number of piperazine rings is 1. The Morgan fingerprint density at radius 1 is 1.00 bits per heavy atom. The SMILES string of the molecule is Cc1nc2c3ccccc3n3c(CCCC(=O)N4CCN(C(=O)c5ccco5)CC4)nnc3n2n1. The minimum atomic E-state index is -0.135. The summed E-state index contributed by atoms with van der Waals surface area (Å²) < 4.78 is 8.92. The molecule has 1 aliphatic rings. The van der Waals surface area contributed by atoms with Gasteiger partial charge in [-0.25, -0.2) is 4.98 Å². The molecule has 2 amide bonds. The molecule has 0 bridgehead atoms. The summed E-state index contributed by atoms with van der Waals surface area (Å²) in [6.07, 6.45) is 3.15. The first kappa shape index (κ1) is 21.3. The zero-order chi connectivity index (χ0) is 23.9. The lowest BCUT2D eigenvalue weighted by atomic mass is 10.2. The minimum Gasteiger partial charge on any atom is -0.459 e. The molecule has 11 nitrogen and oxygen atoms in total. The average molecular weight is 473 g/mol. The predicted octanol–water partition coefficient (Wildman–Crippen LogP) is 2.13. The molecule has 1 saturated heterocycles. The van der Waals surface area contributed by atoms with Crippen LogP contribution in [-0.4, -0.2) is 77.0 Å². The van der Waals surface area contributed by atoms with Crippen LogP contribution in [0.4, 0.5) is 0 Å². The highest BCUT2D eigenvalue weighted by atomic mass is 16.3. The summed E-state index contributed by atoms with van der Waals surface area (Å²) in [5.74, 6) is 2.35. The van der Waals surface area contributed by atoms with Crippen LogP contribution in [-0.2, 0) is 11.2 Å². The van der Waals surface area contributed by atoms with Crippen LogP contribution in [0.15, 0.2) is 47.1 Å². The van der Waals surface area contributed by atoms with Gasteiger partial charge in [0.15, 0.2) is 11.4 Å². The molecular weight excluding hydrogens is 448 g/mol. The topological polar surface area (TPSA) is 114 Å². The molecule has 0 radical (unpaired) electrons. The van der Waals surface area contributed by atoms with Crippen molar-refractivity contribution in [2.45, 2.75) is 26.2 Å². The van der Waals surface area contributed by atoms with Crippen LogP contribution < -0.4 is 0 Å². The molecule has 4 aromatic heterocycles. The molecule has 1 aliphatic heterocycles. The van der Waals surface area contributed by atoms with Gasteiger partial charge in [0.05, 0.1) is 11.8 Å². The molecule has 0 atom stereocenters. The molecule has 11 heteroatoms. The van der Waals surface area contributed by atoms with E-state index in [2.05, 4.69) is 20.3 Å². The number of amides is 2. The molecular formula is C24H24N8O3. The number of para-hydroxylation sites is 1. The van der Waals surface area contributed by atoms with Crippen molar-refractivity contribution in [1.82, 2.24) is 39.0 Å². The molecule has 0 unspecified atom stereocenters. The third-order valence-electron chi connectivity index (χ3n) is 6.44. The monoisotopic (exact) mass is 472 g/mol. The molecule has 35 heavy (non-hydrogen) atoms. The normalized spacial score (nSPS) is 14.4. The fourth-order valence-corrected chi connectivity index (χ4v) is 4.71. The van der Waals surface area contributed by atoms with E-state index >= 15 is 0 Å². The smallest absolute Gasteiger partial charge is 0.289 e. The minimum absolute atomic E-state index is 0.0862. The Balaban J connectivity index is 1.13. The van der Waals surface area contributed by atoms with Crippen LogP contribution in [0, 0.1) is 6.92 Å². The van der Waals surface area contributed by atoms with E-state index in [-0.39, 0.29) is 11.8 Å². The maximum atomic E-state index is 12.8. The number of hydrogen-bond donors (Lipinski definition) is 0. The lowest BCUT2D eigenvalue weighted by Gasteiger charge is -2.34. The number of nitrogens with zero attached hydrogens (tertiary/aromatic N) is 8. The van der Waals surface area contributed by atoms with Gasteiger partial charge in [0.25, 0.3) is 11.7 Å². The second kappa shape index (κ2) is 8.49. The van der Waals surface area contributed by atoms with Crippen LogP contribution >= 0.6 is 0 Å².